The Bertz CT molecular complexity index is 111. The molecule has 0 aromatic rings. The van der Waals surface area contributed by atoms with Gasteiger partial charge in [0.25, 0.3) is 0 Å². The first kappa shape index (κ1) is 10.4. The van der Waals surface area contributed by atoms with Gasteiger partial charge in [-0.05, 0) is 13.1 Å². The van der Waals surface area contributed by atoms with E-state index in [9.17, 15) is 4.79 Å². The Morgan fingerprint density at radius 3 is 2.36 bits per heavy atom. The van der Waals surface area contributed by atoms with Crippen LogP contribution in [0.2, 0.25) is 0 Å². The number of carbonyl (C=O) groups excluding carboxylic acids is 1. The summed E-state index contributed by atoms with van der Waals surface area (Å²) in [6.07, 6.45) is 0. The Kier molecular flexibility index (Phi) is 5.84. The summed E-state index contributed by atoms with van der Waals surface area (Å²) in [4.78, 5) is 12.4. The summed E-state index contributed by atoms with van der Waals surface area (Å²) < 4.78 is 4.68. The summed E-state index contributed by atoms with van der Waals surface area (Å²) >= 11 is 0. The summed E-state index contributed by atoms with van der Waals surface area (Å²) in [6, 6.07) is 0. The summed E-state index contributed by atoms with van der Waals surface area (Å²) in [7, 11) is 0. The molecule has 3 nitrogen and oxygen atoms in total. The van der Waals surface area contributed by atoms with E-state index in [1.165, 1.54) is 0 Å². The van der Waals surface area contributed by atoms with Gasteiger partial charge in [-0.15, -0.1) is 0 Å². The van der Waals surface area contributed by atoms with Crippen molar-refractivity contribution in [3.8, 4) is 0 Å². The Morgan fingerprint density at radius 2 is 2.00 bits per heavy atom. The fourth-order valence-electron chi connectivity index (χ4n) is 0.828. The highest BCUT2D eigenvalue weighted by Crippen LogP contribution is 1.86. The number of rotatable bonds is 5. The number of nitrogens with zero attached hydrogens (tertiary/aromatic N) is 1. The predicted molar refractivity (Wildman–Crippen MR) is 44.1 cm³/mol. The SMILES string of the molecule is [CH2]C(=O)OCCN(CC)CC. The average Bonchev–Trinajstić information content (AvgIpc) is 1.98. The zero-order valence-electron chi connectivity index (χ0n) is 7.30. The van der Waals surface area contributed by atoms with E-state index in [4.69, 9.17) is 0 Å². The minimum atomic E-state index is -0.447. The second kappa shape index (κ2) is 6.16. The normalized spacial score (nSPS) is 10.2. The summed E-state index contributed by atoms with van der Waals surface area (Å²) in [6.45, 7) is 10.5. The third kappa shape index (κ3) is 5.85. The molecule has 0 amide bonds. The first-order chi connectivity index (χ1) is 5.20. The highest BCUT2D eigenvalue weighted by atomic mass is 16.5. The van der Waals surface area contributed by atoms with Gasteiger partial charge >= 0.3 is 5.97 Å². The highest BCUT2D eigenvalue weighted by molar-refractivity contribution is 5.73. The number of ether oxygens (including phenoxy) is 1. The van der Waals surface area contributed by atoms with E-state index in [1.54, 1.807) is 0 Å². The molecular formula is C8H16NO2. The quantitative estimate of drug-likeness (QED) is 0.552. The molecule has 0 N–H and O–H groups in total. The molecule has 0 spiro atoms. The molecule has 11 heavy (non-hydrogen) atoms. The van der Waals surface area contributed by atoms with E-state index >= 15 is 0 Å². The molecule has 1 radical (unpaired) electrons. The van der Waals surface area contributed by atoms with E-state index < -0.39 is 5.97 Å². The maximum atomic E-state index is 10.3. The number of carbonyl (C=O) groups is 1. The van der Waals surface area contributed by atoms with Crippen LogP contribution in [0.5, 0.6) is 0 Å². The fraction of sp³-hybridized carbons (Fsp3) is 0.750. The van der Waals surface area contributed by atoms with E-state index in [0.717, 1.165) is 19.6 Å². The molecule has 0 saturated heterocycles. The van der Waals surface area contributed by atoms with Gasteiger partial charge in [-0.2, -0.15) is 0 Å². The van der Waals surface area contributed by atoms with E-state index in [-0.39, 0.29) is 0 Å². The largest absolute Gasteiger partial charge is 0.464 e. The van der Waals surface area contributed by atoms with Crippen LogP contribution in [0.25, 0.3) is 0 Å². The molecule has 0 aliphatic heterocycles. The number of likely N-dealkylation sites (N-methyl/N-ethyl adjacent to an activating group) is 1. The topological polar surface area (TPSA) is 29.5 Å². The molecule has 0 bridgehead atoms. The Balaban J connectivity index is 3.28. The first-order valence-corrected chi connectivity index (χ1v) is 3.91. The lowest BCUT2D eigenvalue weighted by molar-refractivity contribution is -0.138. The van der Waals surface area contributed by atoms with Gasteiger partial charge in [0.15, 0.2) is 0 Å². The fourth-order valence-corrected chi connectivity index (χ4v) is 0.828. The number of esters is 1. The third-order valence-electron chi connectivity index (χ3n) is 1.56. The summed E-state index contributed by atoms with van der Waals surface area (Å²) in [5.74, 6) is -0.447. The number of hydrogen-bond acceptors (Lipinski definition) is 3. The predicted octanol–water partition coefficient (Wildman–Crippen LogP) is 0.705. The van der Waals surface area contributed by atoms with Crippen LogP contribution >= 0.6 is 0 Å². The maximum Gasteiger partial charge on any atom is 0.306 e. The van der Waals surface area contributed by atoms with Gasteiger partial charge in [-0.3, -0.25) is 4.79 Å². The Labute approximate surface area is 68.3 Å². The van der Waals surface area contributed by atoms with Crippen LogP contribution in [0.1, 0.15) is 13.8 Å². The van der Waals surface area contributed by atoms with Crippen molar-refractivity contribution in [3.63, 3.8) is 0 Å². The van der Waals surface area contributed by atoms with Crippen molar-refractivity contribution in [3.05, 3.63) is 6.92 Å². The van der Waals surface area contributed by atoms with Crippen LogP contribution in [-0.2, 0) is 9.53 Å². The molecule has 65 valence electrons. The lowest BCUT2D eigenvalue weighted by Gasteiger charge is -2.16. The molecule has 0 aromatic heterocycles. The smallest absolute Gasteiger partial charge is 0.306 e. The summed E-state index contributed by atoms with van der Waals surface area (Å²) in [5.41, 5.74) is 0. The second-order valence-electron chi connectivity index (χ2n) is 2.25. The van der Waals surface area contributed by atoms with Crippen molar-refractivity contribution in [2.75, 3.05) is 26.2 Å². The molecule has 0 aromatic carbocycles. The van der Waals surface area contributed by atoms with Crippen molar-refractivity contribution >= 4 is 5.97 Å². The molecule has 0 saturated carbocycles. The second-order valence-corrected chi connectivity index (χ2v) is 2.25. The van der Waals surface area contributed by atoms with Crippen LogP contribution in [0, 0.1) is 6.92 Å². The molecule has 0 heterocycles. The minimum absolute atomic E-state index is 0.447. The van der Waals surface area contributed by atoms with Crippen molar-refractivity contribution in [2.24, 2.45) is 0 Å². The van der Waals surface area contributed by atoms with E-state index in [0.29, 0.717) is 6.61 Å². The lowest BCUT2D eigenvalue weighted by Crippen LogP contribution is -2.27. The van der Waals surface area contributed by atoms with Crippen LogP contribution in [-0.4, -0.2) is 37.1 Å². The Morgan fingerprint density at radius 1 is 1.45 bits per heavy atom. The molecule has 0 atom stereocenters. The van der Waals surface area contributed by atoms with Crippen molar-refractivity contribution in [2.45, 2.75) is 13.8 Å². The molecule has 3 heteroatoms. The highest BCUT2D eigenvalue weighted by Gasteiger charge is 1.98. The minimum Gasteiger partial charge on any atom is -0.464 e. The van der Waals surface area contributed by atoms with Crippen molar-refractivity contribution < 1.29 is 9.53 Å². The van der Waals surface area contributed by atoms with Gasteiger partial charge in [0, 0.05) is 6.54 Å². The van der Waals surface area contributed by atoms with Crippen LogP contribution in [0.3, 0.4) is 0 Å². The lowest BCUT2D eigenvalue weighted by atomic mass is 10.5. The standard InChI is InChI=1S/C8H16NO2/c1-4-9(5-2)6-7-11-8(3)10/h3-7H2,1-2H3. The molecule has 0 unspecified atom stereocenters. The summed E-state index contributed by atoms with van der Waals surface area (Å²) in [5, 5.41) is 0. The van der Waals surface area contributed by atoms with Crippen molar-refractivity contribution in [1.82, 2.24) is 4.90 Å². The molecule has 0 rings (SSSR count). The zero-order chi connectivity index (χ0) is 8.69. The molecular weight excluding hydrogens is 142 g/mol. The van der Waals surface area contributed by atoms with Crippen LogP contribution < -0.4 is 0 Å². The maximum absolute atomic E-state index is 10.3. The molecule has 0 aliphatic carbocycles. The van der Waals surface area contributed by atoms with E-state index in [1.807, 2.05) is 0 Å². The average molecular weight is 158 g/mol. The van der Waals surface area contributed by atoms with Gasteiger partial charge < -0.3 is 9.64 Å². The van der Waals surface area contributed by atoms with Crippen LogP contribution in [0.4, 0.5) is 0 Å². The zero-order valence-corrected chi connectivity index (χ0v) is 7.30. The monoisotopic (exact) mass is 158 g/mol. The van der Waals surface area contributed by atoms with Crippen molar-refractivity contribution in [1.29, 1.82) is 0 Å². The third-order valence-corrected chi connectivity index (χ3v) is 1.56. The first-order valence-electron chi connectivity index (χ1n) is 3.91. The van der Waals surface area contributed by atoms with E-state index in [2.05, 4.69) is 30.4 Å². The molecule has 0 aliphatic rings. The molecule has 0 fully saturated rings. The van der Waals surface area contributed by atoms with Gasteiger partial charge in [0.05, 0.1) is 6.92 Å². The van der Waals surface area contributed by atoms with Gasteiger partial charge in [0.2, 0.25) is 0 Å². The Hall–Kier alpha value is -0.570. The van der Waals surface area contributed by atoms with Gasteiger partial charge in [0.1, 0.15) is 6.61 Å². The van der Waals surface area contributed by atoms with Gasteiger partial charge in [-0.1, -0.05) is 13.8 Å². The van der Waals surface area contributed by atoms with Crippen LogP contribution in [0.15, 0.2) is 0 Å². The van der Waals surface area contributed by atoms with Gasteiger partial charge in [-0.25, -0.2) is 0 Å². The number of hydrogen-bond donors (Lipinski definition) is 0.